The normalized spacial score (nSPS) is 11.8. The number of benzene rings is 1. The quantitative estimate of drug-likeness (QED) is 0.460. The number of aromatic nitrogens is 3. The van der Waals surface area contributed by atoms with E-state index in [9.17, 15) is 9.18 Å². The van der Waals surface area contributed by atoms with E-state index < -0.39 is 11.7 Å². The van der Waals surface area contributed by atoms with Crippen LogP contribution in [-0.4, -0.2) is 27.4 Å². The zero-order valence-electron chi connectivity index (χ0n) is 16.8. The summed E-state index contributed by atoms with van der Waals surface area (Å²) in [5.74, 6) is 0.0668. The van der Waals surface area contributed by atoms with Crippen molar-refractivity contribution >= 4 is 22.6 Å². The molecule has 0 aliphatic rings. The van der Waals surface area contributed by atoms with Crippen LogP contribution in [-0.2, 0) is 0 Å². The van der Waals surface area contributed by atoms with Crippen LogP contribution in [0.15, 0.2) is 72.4 Å². The summed E-state index contributed by atoms with van der Waals surface area (Å²) in [6.45, 7) is 6.02. The zero-order chi connectivity index (χ0) is 21.8. The second-order valence-electron chi connectivity index (χ2n) is 6.95. The molecular formula is C23H20FN5O2. The van der Waals surface area contributed by atoms with Gasteiger partial charge in [0.25, 0.3) is 5.91 Å². The van der Waals surface area contributed by atoms with Gasteiger partial charge >= 0.3 is 0 Å². The minimum atomic E-state index is -0.679. The van der Waals surface area contributed by atoms with Gasteiger partial charge in [-0.1, -0.05) is 31.7 Å². The molecular weight excluding hydrogens is 397 g/mol. The molecule has 0 radical (unpaired) electrons. The fraction of sp³-hybridized carbons (Fsp3) is 0.130. The van der Waals surface area contributed by atoms with Crippen LogP contribution in [0, 0.1) is 5.82 Å². The lowest BCUT2D eigenvalue weighted by molar-refractivity contribution is 0.0968. The molecule has 1 aromatic carbocycles. The first-order valence-corrected chi connectivity index (χ1v) is 9.67. The van der Waals surface area contributed by atoms with Gasteiger partial charge in [-0.2, -0.15) is 0 Å². The number of carbonyl (C=O) groups excluding carboxylic acids is 1. The Hall–Kier alpha value is -4.07. The van der Waals surface area contributed by atoms with E-state index in [-0.39, 0.29) is 11.5 Å². The molecule has 0 aliphatic heterocycles. The number of furan rings is 1. The van der Waals surface area contributed by atoms with Gasteiger partial charge in [-0.05, 0) is 23.9 Å². The molecule has 8 heteroatoms. The molecule has 0 saturated carbocycles. The summed E-state index contributed by atoms with van der Waals surface area (Å²) in [6.07, 6.45) is 5.36. The molecule has 0 bridgehead atoms. The first-order valence-electron chi connectivity index (χ1n) is 9.67. The van der Waals surface area contributed by atoms with Crippen molar-refractivity contribution < 1.29 is 13.6 Å². The highest BCUT2D eigenvalue weighted by Crippen LogP contribution is 2.28. The number of para-hydroxylation sites is 1. The number of fused-ring (bicyclic) bond motifs is 1. The lowest BCUT2D eigenvalue weighted by Gasteiger charge is -2.16. The number of hydrogen-bond acceptors (Lipinski definition) is 6. The Labute approximate surface area is 178 Å². The molecule has 156 valence electrons. The average Bonchev–Trinajstić information content (AvgIpc) is 3.32. The minimum Gasteiger partial charge on any atom is -0.463 e. The van der Waals surface area contributed by atoms with Crippen LogP contribution in [0.4, 0.5) is 10.2 Å². The zero-order valence-corrected chi connectivity index (χ0v) is 16.8. The monoisotopic (exact) mass is 417 g/mol. The van der Waals surface area contributed by atoms with Crippen LogP contribution >= 0.6 is 0 Å². The van der Waals surface area contributed by atoms with Crippen molar-refractivity contribution in [2.24, 2.45) is 0 Å². The van der Waals surface area contributed by atoms with Crippen LogP contribution in [0.2, 0.25) is 0 Å². The van der Waals surface area contributed by atoms with E-state index in [1.165, 1.54) is 12.5 Å². The SMILES string of the molecule is C=CNC(=O)c1c(F)cnc2c([C@H](C)CNc3cc(-c4ccco4)ncn3)cccc12. The Bertz CT molecular complexity index is 1240. The molecule has 3 heterocycles. The maximum Gasteiger partial charge on any atom is 0.258 e. The van der Waals surface area contributed by atoms with Crippen molar-refractivity contribution in [1.29, 1.82) is 0 Å². The number of hydrogen-bond donors (Lipinski definition) is 2. The minimum absolute atomic E-state index is 0.000921. The first kappa shape index (κ1) is 20.2. The molecule has 0 aliphatic carbocycles. The number of pyridine rings is 1. The molecule has 0 saturated heterocycles. The predicted molar refractivity (Wildman–Crippen MR) is 116 cm³/mol. The third-order valence-corrected chi connectivity index (χ3v) is 4.90. The summed E-state index contributed by atoms with van der Waals surface area (Å²) in [5, 5.41) is 6.17. The number of halogens is 1. The van der Waals surface area contributed by atoms with Gasteiger partial charge < -0.3 is 15.1 Å². The Morgan fingerprint density at radius 3 is 2.90 bits per heavy atom. The van der Waals surface area contributed by atoms with E-state index >= 15 is 0 Å². The fourth-order valence-electron chi connectivity index (χ4n) is 3.40. The number of rotatable bonds is 7. The molecule has 1 atom stereocenters. The van der Waals surface area contributed by atoms with Gasteiger partial charge in [-0.3, -0.25) is 9.78 Å². The number of amides is 1. The predicted octanol–water partition coefficient (Wildman–Crippen LogP) is 4.51. The van der Waals surface area contributed by atoms with E-state index in [0.29, 0.717) is 34.7 Å². The highest BCUT2D eigenvalue weighted by molar-refractivity contribution is 6.07. The molecule has 2 N–H and O–H groups in total. The summed E-state index contributed by atoms with van der Waals surface area (Å²) >= 11 is 0. The van der Waals surface area contributed by atoms with Crippen LogP contribution < -0.4 is 10.6 Å². The fourth-order valence-corrected chi connectivity index (χ4v) is 3.40. The molecule has 4 rings (SSSR count). The molecule has 31 heavy (non-hydrogen) atoms. The maximum absolute atomic E-state index is 14.4. The Morgan fingerprint density at radius 1 is 1.26 bits per heavy atom. The third kappa shape index (κ3) is 4.13. The Balaban J connectivity index is 1.59. The summed E-state index contributed by atoms with van der Waals surface area (Å²) in [7, 11) is 0. The topological polar surface area (TPSA) is 92.9 Å². The smallest absolute Gasteiger partial charge is 0.258 e. The van der Waals surface area contributed by atoms with E-state index in [1.54, 1.807) is 30.5 Å². The third-order valence-electron chi connectivity index (χ3n) is 4.90. The van der Waals surface area contributed by atoms with Crippen molar-refractivity contribution in [2.75, 3.05) is 11.9 Å². The maximum atomic E-state index is 14.4. The summed E-state index contributed by atoms with van der Waals surface area (Å²) in [4.78, 5) is 25.1. The number of carbonyl (C=O) groups is 1. The number of nitrogens with zero attached hydrogens (tertiary/aromatic N) is 3. The summed E-state index contributed by atoms with van der Waals surface area (Å²) in [6, 6.07) is 10.8. The average molecular weight is 417 g/mol. The standard InChI is InChI=1S/C23H20FN5O2/c1-3-25-23(30)21-16-7-4-6-15(22(16)27-12-17(21)24)14(2)11-26-20-10-18(28-13-29-20)19-8-5-9-31-19/h3-10,12-14H,1,11H2,2H3,(H,25,30)(H,26,28,29)/t14-/m1/s1. The van der Waals surface area contributed by atoms with Gasteiger partial charge in [0.05, 0.1) is 23.5 Å². The van der Waals surface area contributed by atoms with Crippen molar-refractivity contribution in [3.05, 3.63) is 84.9 Å². The second-order valence-corrected chi connectivity index (χ2v) is 6.95. The molecule has 3 aromatic heterocycles. The Morgan fingerprint density at radius 2 is 2.13 bits per heavy atom. The number of anilines is 1. The van der Waals surface area contributed by atoms with Gasteiger partial charge in [-0.15, -0.1) is 0 Å². The van der Waals surface area contributed by atoms with Crippen molar-refractivity contribution in [3.63, 3.8) is 0 Å². The van der Waals surface area contributed by atoms with E-state index in [0.717, 1.165) is 11.8 Å². The number of nitrogens with one attached hydrogen (secondary N) is 2. The first-order chi connectivity index (χ1) is 15.1. The molecule has 4 aromatic rings. The van der Waals surface area contributed by atoms with E-state index in [4.69, 9.17) is 4.42 Å². The van der Waals surface area contributed by atoms with Crippen LogP contribution in [0.1, 0.15) is 28.8 Å². The Kier molecular flexibility index (Phi) is 5.70. The van der Waals surface area contributed by atoms with Gasteiger partial charge in [0.1, 0.15) is 17.8 Å². The van der Waals surface area contributed by atoms with Gasteiger partial charge in [0.2, 0.25) is 0 Å². The molecule has 0 fully saturated rings. The van der Waals surface area contributed by atoms with Gasteiger partial charge in [0.15, 0.2) is 11.6 Å². The molecule has 1 amide bonds. The summed E-state index contributed by atoms with van der Waals surface area (Å²) in [5.41, 5.74) is 2.09. The van der Waals surface area contributed by atoms with Crippen LogP contribution in [0.3, 0.4) is 0 Å². The molecule has 0 spiro atoms. The summed E-state index contributed by atoms with van der Waals surface area (Å²) < 4.78 is 19.7. The lowest BCUT2D eigenvalue weighted by atomic mass is 9.96. The van der Waals surface area contributed by atoms with Crippen molar-refractivity contribution in [2.45, 2.75) is 12.8 Å². The van der Waals surface area contributed by atoms with E-state index in [2.05, 4.69) is 32.2 Å². The van der Waals surface area contributed by atoms with E-state index in [1.807, 2.05) is 19.1 Å². The van der Waals surface area contributed by atoms with Gasteiger partial charge in [-0.25, -0.2) is 14.4 Å². The molecule has 7 nitrogen and oxygen atoms in total. The van der Waals surface area contributed by atoms with Crippen molar-refractivity contribution in [1.82, 2.24) is 20.3 Å². The molecule has 0 unspecified atom stereocenters. The highest BCUT2D eigenvalue weighted by atomic mass is 19.1. The van der Waals surface area contributed by atoms with Crippen LogP contribution in [0.25, 0.3) is 22.4 Å². The van der Waals surface area contributed by atoms with Crippen LogP contribution in [0.5, 0.6) is 0 Å². The highest BCUT2D eigenvalue weighted by Gasteiger charge is 2.19. The second kappa shape index (κ2) is 8.74. The van der Waals surface area contributed by atoms with Gasteiger partial charge in [0, 0.05) is 23.9 Å². The lowest BCUT2D eigenvalue weighted by Crippen LogP contribution is -2.19. The van der Waals surface area contributed by atoms with Crippen molar-refractivity contribution in [3.8, 4) is 11.5 Å². The largest absolute Gasteiger partial charge is 0.463 e.